The van der Waals surface area contributed by atoms with Crippen molar-refractivity contribution >= 4 is 23.4 Å². The van der Waals surface area contributed by atoms with E-state index < -0.39 is 0 Å². The molecule has 1 aromatic heterocycles. The van der Waals surface area contributed by atoms with Gasteiger partial charge in [-0.2, -0.15) is 0 Å². The summed E-state index contributed by atoms with van der Waals surface area (Å²) in [5.74, 6) is 2.26. The highest BCUT2D eigenvalue weighted by molar-refractivity contribution is 7.99. The summed E-state index contributed by atoms with van der Waals surface area (Å²) in [4.78, 5) is 12.3. The van der Waals surface area contributed by atoms with Gasteiger partial charge in [-0.1, -0.05) is 42.1 Å². The van der Waals surface area contributed by atoms with Crippen LogP contribution in [0.2, 0.25) is 0 Å². The van der Waals surface area contributed by atoms with Gasteiger partial charge in [0.05, 0.1) is 12.3 Å². The Bertz CT molecular complexity index is 959. The van der Waals surface area contributed by atoms with E-state index >= 15 is 0 Å². The van der Waals surface area contributed by atoms with E-state index in [9.17, 15) is 4.79 Å². The molecule has 0 fully saturated rings. The first-order valence-corrected chi connectivity index (χ1v) is 9.43. The number of aryl methyl sites for hydroxylation is 1. The van der Waals surface area contributed by atoms with E-state index in [-0.39, 0.29) is 18.5 Å². The molecule has 1 amide bonds. The molecule has 0 radical (unpaired) electrons. The van der Waals surface area contributed by atoms with E-state index in [1.807, 2.05) is 29.7 Å². The molecule has 0 saturated heterocycles. The number of thioether (sulfide) groups is 1. The van der Waals surface area contributed by atoms with Gasteiger partial charge in [-0.3, -0.25) is 4.79 Å². The Kier molecular flexibility index (Phi) is 4.97. The Labute approximate surface area is 160 Å². The summed E-state index contributed by atoms with van der Waals surface area (Å²) in [5, 5.41) is 11.9. The molecule has 0 saturated carbocycles. The lowest BCUT2D eigenvalue weighted by atomic mass is 10.2. The third kappa shape index (κ3) is 4.06. The highest BCUT2D eigenvalue weighted by Crippen LogP contribution is 2.34. The molecule has 0 atom stereocenters. The van der Waals surface area contributed by atoms with Gasteiger partial charge in [0.1, 0.15) is 5.82 Å². The topological polar surface area (TPSA) is 78.3 Å². The van der Waals surface area contributed by atoms with Gasteiger partial charge in [-0.25, -0.2) is 0 Å². The maximum atomic E-state index is 12.3. The molecule has 1 aliphatic heterocycles. The SMILES string of the molecule is Cc1nnc(SCC(=O)Nc2ccc3c(c2)OCO3)n1Cc1ccccc1. The van der Waals surface area contributed by atoms with E-state index in [0.717, 1.165) is 16.5 Å². The van der Waals surface area contributed by atoms with Crippen molar-refractivity contribution in [1.29, 1.82) is 0 Å². The van der Waals surface area contributed by atoms with E-state index in [1.165, 1.54) is 11.8 Å². The number of hydrogen-bond acceptors (Lipinski definition) is 6. The average molecular weight is 382 g/mol. The Morgan fingerprint density at radius 2 is 1.96 bits per heavy atom. The van der Waals surface area contributed by atoms with Crippen molar-refractivity contribution in [2.24, 2.45) is 0 Å². The van der Waals surface area contributed by atoms with Crippen molar-refractivity contribution in [2.45, 2.75) is 18.6 Å². The van der Waals surface area contributed by atoms with Gasteiger partial charge in [0.25, 0.3) is 0 Å². The number of benzene rings is 2. The molecule has 7 nitrogen and oxygen atoms in total. The quantitative estimate of drug-likeness (QED) is 0.660. The Morgan fingerprint density at radius 1 is 1.15 bits per heavy atom. The van der Waals surface area contributed by atoms with Crippen LogP contribution in [0.1, 0.15) is 11.4 Å². The van der Waals surface area contributed by atoms with Crippen molar-refractivity contribution < 1.29 is 14.3 Å². The smallest absolute Gasteiger partial charge is 0.234 e. The molecule has 2 heterocycles. The molecule has 0 spiro atoms. The second kappa shape index (κ2) is 7.71. The Balaban J connectivity index is 1.38. The summed E-state index contributed by atoms with van der Waals surface area (Å²) in [6, 6.07) is 15.4. The van der Waals surface area contributed by atoms with Crippen LogP contribution < -0.4 is 14.8 Å². The molecular formula is C19H18N4O3S. The number of ether oxygens (including phenoxy) is 2. The zero-order chi connectivity index (χ0) is 18.6. The molecule has 0 unspecified atom stereocenters. The minimum absolute atomic E-state index is 0.120. The molecule has 8 heteroatoms. The van der Waals surface area contributed by atoms with E-state index in [1.54, 1.807) is 18.2 Å². The molecule has 4 rings (SSSR count). The van der Waals surface area contributed by atoms with Crippen LogP contribution in [-0.4, -0.2) is 33.2 Å². The summed E-state index contributed by atoms with van der Waals surface area (Å²) in [7, 11) is 0. The van der Waals surface area contributed by atoms with Gasteiger partial charge in [-0.05, 0) is 24.6 Å². The minimum Gasteiger partial charge on any atom is -0.454 e. The highest BCUT2D eigenvalue weighted by Gasteiger charge is 2.15. The number of nitrogens with zero attached hydrogens (tertiary/aromatic N) is 3. The average Bonchev–Trinajstić information content (AvgIpc) is 3.28. The molecule has 0 aliphatic carbocycles. The number of carbonyl (C=O) groups excluding carboxylic acids is 1. The Morgan fingerprint density at radius 3 is 2.81 bits per heavy atom. The summed E-state index contributed by atoms with van der Waals surface area (Å²) in [6.07, 6.45) is 0. The standard InChI is InChI=1S/C19H18N4O3S/c1-13-21-22-19(23(13)10-14-5-3-2-4-6-14)27-11-18(24)20-15-7-8-16-17(9-15)26-12-25-16/h2-9H,10-12H2,1H3,(H,20,24). The maximum Gasteiger partial charge on any atom is 0.234 e. The van der Waals surface area contributed by atoms with Crippen LogP contribution in [0.15, 0.2) is 53.7 Å². The molecule has 27 heavy (non-hydrogen) atoms. The zero-order valence-corrected chi connectivity index (χ0v) is 15.5. The predicted molar refractivity (Wildman–Crippen MR) is 102 cm³/mol. The third-order valence-corrected chi connectivity index (χ3v) is 5.04. The van der Waals surface area contributed by atoms with Gasteiger partial charge in [0, 0.05) is 11.8 Å². The fourth-order valence-electron chi connectivity index (χ4n) is 2.72. The predicted octanol–water partition coefficient (Wildman–Crippen LogP) is 3.09. The zero-order valence-electron chi connectivity index (χ0n) is 14.7. The molecule has 1 N–H and O–H groups in total. The monoisotopic (exact) mass is 382 g/mol. The van der Waals surface area contributed by atoms with E-state index in [4.69, 9.17) is 9.47 Å². The van der Waals surface area contributed by atoms with Crippen molar-refractivity contribution in [3.63, 3.8) is 0 Å². The van der Waals surface area contributed by atoms with Crippen LogP contribution in [0, 0.1) is 6.92 Å². The number of fused-ring (bicyclic) bond motifs is 1. The third-order valence-electron chi connectivity index (χ3n) is 4.07. The number of aromatic nitrogens is 3. The second-order valence-corrected chi connectivity index (χ2v) is 6.95. The normalized spacial score (nSPS) is 12.2. The molecule has 1 aliphatic rings. The number of hydrogen-bond donors (Lipinski definition) is 1. The number of amides is 1. The summed E-state index contributed by atoms with van der Waals surface area (Å²) >= 11 is 1.36. The maximum absolute atomic E-state index is 12.3. The fourth-order valence-corrected chi connectivity index (χ4v) is 3.50. The van der Waals surface area contributed by atoms with Crippen molar-refractivity contribution in [2.75, 3.05) is 17.9 Å². The summed E-state index contributed by atoms with van der Waals surface area (Å²) < 4.78 is 12.6. The van der Waals surface area contributed by atoms with Crippen molar-refractivity contribution in [3.05, 3.63) is 59.9 Å². The summed E-state index contributed by atoms with van der Waals surface area (Å²) in [6.45, 7) is 2.79. The van der Waals surface area contributed by atoms with Crippen LogP contribution >= 0.6 is 11.8 Å². The number of carbonyl (C=O) groups is 1. The highest BCUT2D eigenvalue weighted by atomic mass is 32.2. The number of nitrogens with one attached hydrogen (secondary N) is 1. The Hall–Kier alpha value is -3.00. The van der Waals surface area contributed by atoms with E-state index in [2.05, 4.69) is 27.6 Å². The van der Waals surface area contributed by atoms with Gasteiger partial charge in [0.15, 0.2) is 16.7 Å². The lowest BCUT2D eigenvalue weighted by Crippen LogP contribution is -2.14. The van der Waals surface area contributed by atoms with Gasteiger partial charge >= 0.3 is 0 Å². The number of anilines is 1. The number of rotatable bonds is 6. The largest absolute Gasteiger partial charge is 0.454 e. The lowest BCUT2D eigenvalue weighted by Gasteiger charge is -2.09. The molecule has 138 valence electrons. The second-order valence-electron chi connectivity index (χ2n) is 6.01. The molecule has 0 bridgehead atoms. The van der Waals surface area contributed by atoms with Gasteiger partial charge in [0.2, 0.25) is 12.7 Å². The first-order chi connectivity index (χ1) is 13.2. The molecule has 3 aromatic rings. The van der Waals surface area contributed by atoms with Gasteiger partial charge < -0.3 is 19.4 Å². The first kappa shape index (κ1) is 17.4. The van der Waals surface area contributed by atoms with Crippen LogP contribution in [0.3, 0.4) is 0 Å². The van der Waals surface area contributed by atoms with Crippen LogP contribution in [-0.2, 0) is 11.3 Å². The molecular weight excluding hydrogens is 364 g/mol. The van der Waals surface area contributed by atoms with E-state index in [0.29, 0.717) is 23.7 Å². The van der Waals surface area contributed by atoms with Crippen molar-refractivity contribution in [1.82, 2.24) is 14.8 Å². The lowest BCUT2D eigenvalue weighted by molar-refractivity contribution is -0.113. The summed E-state index contributed by atoms with van der Waals surface area (Å²) in [5.41, 5.74) is 1.83. The first-order valence-electron chi connectivity index (χ1n) is 8.45. The van der Waals surface area contributed by atoms with Crippen LogP contribution in [0.5, 0.6) is 11.5 Å². The fraction of sp³-hybridized carbons (Fsp3) is 0.211. The van der Waals surface area contributed by atoms with Crippen molar-refractivity contribution in [3.8, 4) is 11.5 Å². The minimum atomic E-state index is -0.120. The van der Waals surface area contributed by atoms with Crippen LogP contribution in [0.25, 0.3) is 0 Å². The van der Waals surface area contributed by atoms with Gasteiger partial charge in [-0.15, -0.1) is 10.2 Å². The molecule has 2 aromatic carbocycles. The van der Waals surface area contributed by atoms with Crippen LogP contribution in [0.4, 0.5) is 5.69 Å².